The highest BCUT2D eigenvalue weighted by atomic mass is 32.2. The Labute approximate surface area is 87.1 Å². The number of hydrogen-bond donors (Lipinski definition) is 2. The largest absolute Gasteiger partial charge is 0.309 e. The summed E-state index contributed by atoms with van der Waals surface area (Å²) in [6.07, 6.45) is 2.70. The highest BCUT2D eigenvalue weighted by molar-refractivity contribution is 8.22. The van der Waals surface area contributed by atoms with Crippen LogP contribution < -0.4 is 11.3 Å². The molecule has 0 aliphatic heterocycles. The number of thiocarbonyl (C=S) groups is 1. The van der Waals surface area contributed by atoms with Crippen molar-refractivity contribution in [1.82, 2.24) is 10.4 Å². The van der Waals surface area contributed by atoms with E-state index in [2.05, 4.69) is 10.4 Å². The quantitative estimate of drug-likeness (QED) is 0.447. The first-order chi connectivity index (χ1) is 6.33. The van der Waals surface area contributed by atoms with Crippen molar-refractivity contribution in [2.24, 2.45) is 5.84 Å². The molecule has 0 spiro atoms. The van der Waals surface area contributed by atoms with Crippen LogP contribution in [0.5, 0.6) is 0 Å². The van der Waals surface area contributed by atoms with Crippen molar-refractivity contribution in [3.05, 3.63) is 30.1 Å². The third-order valence-electron chi connectivity index (χ3n) is 1.44. The van der Waals surface area contributed by atoms with Gasteiger partial charge in [0.15, 0.2) is 0 Å². The van der Waals surface area contributed by atoms with Crippen LogP contribution in [-0.4, -0.2) is 15.1 Å². The lowest BCUT2D eigenvalue weighted by Gasteiger charge is -2.01. The number of hydrazine groups is 1. The molecular weight excluding hydrogens is 202 g/mol. The van der Waals surface area contributed by atoms with E-state index in [1.54, 1.807) is 6.20 Å². The number of aromatic nitrogens is 1. The minimum Gasteiger partial charge on any atom is -0.309 e. The maximum absolute atomic E-state index is 5.12. The summed E-state index contributed by atoms with van der Waals surface area (Å²) >= 11 is 6.40. The van der Waals surface area contributed by atoms with Crippen molar-refractivity contribution in [1.29, 1.82) is 0 Å². The van der Waals surface area contributed by atoms with E-state index in [4.69, 9.17) is 18.1 Å². The first kappa shape index (κ1) is 10.4. The van der Waals surface area contributed by atoms with Crippen molar-refractivity contribution < 1.29 is 0 Å². The van der Waals surface area contributed by atoms with E-state index in [9.17, 15) is 0 Å². The molecule has 0 radical (unpaired) electrons. The number of pyridine rings is 1. The fourth-order valence-electron chi connectivity index (χ4n) is 0.836. The Balaban J connectivity index is 2.24. The summed E-state index contributed by atoms with van der Waals surface area (Å²) in [4.78, 5) is 4.19. The van der Waals surface area contributed by atoms with Crippen LogP contribution in [0.25, 0.3) is 0 Å². The molecule has 3 nitrogen and oxygen atoms in total. The monoisotopic (exact) mass is 213 g/mol. The van der Waals surface area contributed by atoms with Crippen LogP contribution in [0.4, 0.5) is 0 Å². The number of nitrogens with zero attached hydrogens (tertiary/aromatic N) is 1. The van der Waals surface area contributed by atoms with Crippen molar-refractivity contribution in [3.8, 4) is 0 Å². The summed E-state index contributed by atoms with van der Waals surface area (Å²) in [6.45, 7) is 0. The Hall–Kier alpha value is -0.650. The van der Waals surface area contributed by atoms with Gasteiger partial charge in [-0.1, -0.05) is 30.0 Å². The van der Waals surface area contributed by atoms with Crippen LogP contribution in [0.3, 0.4) is 0 Å². The molecule has 3 N–H and O–H groups in total. The van der Waals surface area contributed by atoms with Crippen molar-refractivity contribution in [3.63, 3.8) is 0 Å². The van der Waals surface area contributed by atoms with Gasteiger partial charge in [-0.3, -0.25) is 4.98 Å². The lowest BCUT2D eigenvalue weighted by molar-refractivity contribution is 1.04. The second-order valence-corrected chi connectivity index (χ2v) is 4.12. The minimum absolute atomic E-state index is 0.621. The van der Waals surface area contributed by atoms with E-state index < -0.39 is 0 Å². The van der Waals surface area contributed by atoms with Gasteiger partial charge in [0.05, 0.1) is 0 Å². The van der Waals surface area contributed by atoms with Crippen LogP contribution in [0.15, 0.2) is 24.4 Å². The molecule has 5 heteroatoms. The molecule has 0 aliphatic carbocycles. The van der Waals surface area contributed by atoms with E-state index in [1.165, 1.54) is 11.8 Å². The normalized spacial score (nSPS) is 9.62. The topological polar surface area (TPSA) is 50.9 Å². The highest BCUT2D eigenvalue weighted by Crippen LogP contribution is 2.05. The molecule has 0 amide bonds. The van der Waals surface area contributed by atoms with Crippen molar-refractivity contribution in [2.45, 2.75) is 6.42 Å². The van der Waals surface area contributed by atoms with E-state index in [-0.39, 0.29) is 0 Å². The number of nitrogens with one attached hydrogen (secondary N) is 1. The predicted molar refractivity (Wildman–Crippen MR) is 60.3 cm³/mol. The van der Waals surface area contributed by atoms with Gasteiger partial charge in [-0.15, -0.1) is 0 Å². The molecular formula is C8H11N3S2. The van der Waals surface area contributed by atoms with Gasteiger partial charge < -0.3 is 5.43 Å². The highest BCUT2D eigenvalue weighted by Gasteiger charge is 1.96. The van der Waals surface area contributed by atoms with Crippen LogP contribution >= 0.6 is 24.0 Å². The van der Waals surface area contributed by atoms with Gasteiger partial charge in [0.25, 0.3) is 0 Å². The lowest BCUT2D eigenvalue weighted by Crippen LogP contribution is -2.26. The molecule has 0 saturated heterocycles. The molecule has 0 atom stereocenters. The maximum atomic E-state index is 5.12. The molecule has 1 aromatic heterocycles. The average Bonchev–Trinajstić information content (AvgIpc) is 2.19. The Morgan fingerprint density at radius 1 is 1.62 bits per heavy atom. The number of rotatable bonds is 3. The first-order valence-corrected chi connectivity index (χ1v) is 5.25. The van der Waals surface area contributed by atoms with Crippen molar-refractivity contribution >= 4 is 28.3 Å². The fraction of sp³-hybridized carbons (Fsp3) is 0.250. The minimum atomic E-state index is 0.621. The van der Waals surface area contributed by atoms with E-state index >= 15 is 0 Å². The van der Waals surface area contributed by atoms with Gasteiger partial charge in [0.1, 0.15) is 4.32 Å². The SMILES string of the molecule is NNC(=S)SCCc1ccccn1. The predicted octanol–water partition coefficient (Wildman–Crippen LogP) is 1.11. The lowest BCUT2D eigenvalue weighted by atomic mass is 10.3. The smallest absolute Gasteiger partial charge is 0.147 e. The third kappa shape index (κ3) is 4.21. The summed E-state index contributed by atoms with van der Waals surface area (Å²) in [5, 5.41) is 0. The Bertz CT molecular complexity index is 263. The molecule has 0 aromatic carbocycles. The molecule has 0 bridgehead atoms. The molecule has 0 unspecified atom stereocenters. The van der Waals surface area contributed by atoms with Crippen LogP contribution in [0.1, 0.15) is 5.69 Å². The molecule has 13 heavy (non-hydrogen) atoms. The Kier molecular flexibility index (Phi) is 4.74. The van der Waals surface area contributed by atoms with Crippen LogP contribution in [0.2, 0.25) is 0 Å². The van der Waals surface area contributed by atoms with Gasteiger partial charge in [0.2, 0.25) is 0 Å². The van der Waals surface area contributed by atoms with Crippen LogP contribution in [-0.2, 0) is 6.42 Å². The zero-order valence-electron chi connectivity index (χ0n) is 7.06. The molecule has 70 valence electrons. The standard InChI is InChI=1S/C8H11N3S2/c9-11-8(12)13-6-4-7-3-1-2-5-10-7/h1-3,5H,4,6,9H2,(H,11,12). The van der Waals surface area contributed by atoms with Gasteiger partial charge in [-0.25, -0.2) is 5.84 Å². The average molecular weight is 213 g/mol. The van der Waals surface area contributed by atoms with Gasteiger partial charge >= 0.3 is 0 Å². The first-order valence-electron chi connectivity index (χ1n) is 3.86. The summed E-state index contributed by atoms with van der Waals surface area (Å²) in [6, 6.07) is 5.88. The molecule has 0 saturated carbocycles. The molecule has 1 aromatic rings. The molecule has 1 heterocycles. The van der Waals surface area contributed by atoms with Gasteiger partial charge in [-0.2, -0.15) is 0 Å². The zero-order chi connectivity index (χ0) is 9.52. The number of nitrogens with two attached hydrogens (primary N) is 1. The summed E-state index contributed by atoms with van der Waals surface area (Å²) in [5.74, 6) is 6.03. The second-order valence-electron chi connectivity index (χ2n) is 2.35. The van der Waals surface area contributed by atoms with E-state index in [0.29, 0.717) is 4.32 Å². The van der Waals surface area contributed by atoms with Gasteiger partial charge in [0, 0.05) is 17.6 Å². The summed E-state index contributed by atoms with van der Waals surface area (Å²) < 4.78 is 0.621. The third-order valence-corrected chi connectivity index (χ3v) is 2.70. The summed E-state index contributed by atoms with van der Waals surface area (Å²) in [7, 11) is 0. The Morgan fingerprint density at radius 2 is 2.46 bits per heavy atom. The van der Waals surface area contributed by atoms with Crippen molar-refractivity contribution in [2.75, 3.05) is 5.75 Å². The second kappa shape index (κ2) is 5.90. The Morgan fingerprint density at radius 3 is 3.08 bits per heavy atom. The summed E-state index contributed by atoms with van der Waals surface area (Å²) in [5.41, 5.74) is 3.50. The molecule has 0 fully saturated rings. The molecule has 1 rings (SSSR count). The zero-order valence-corrected chi connectivity index (χ0v) is 8.70. The maximum Gasteiger partial charge on any atom is 0.147 e. The molecule has 0 aliphatic rings. The van der Waals surface area contributed by atoms with E-state index in [0.717, 1.165) is 17.9 Å². The number of hydrogen-bond acceptors (Lipinski definition) is 4. The number of thioether (sulfide) groups is 1. The fourth-order valence-corrected chi connectivity index (χ4v) is 1.67. The van der Waals surface area contributed by atoms with Gasteiger partial charge in [-0.05, 0) is 18.6 Å². The number of aryl methyl sites for hydroxylation is 1. The van der Waals surface area contributed by atoms with Crippen LogP contribution in [0, 0.1) is 0 Å². The van der Waals surface area contributed by atoms with E-state index in [1.807, 2.05) is 18.2 Å².